The van der Waals surface area contributed by atoms with Crippen LogP contribution in [0.25, 0.3) is 0 Å². The molecule has 0 bridgehead atoms. The molecule has 0 atom stereocenters. The van der Waals surface area contributed by atoms with Gasteiger partial charge >= 0.3 is 11.9 Å². The van der Waals surface area contributed by atoms with Crippen molar-refractivity contribution < 1.29 is 24.7 Å². The molecule has 24 heavy (non-hydrogen) atoms. The third-order valence-corrected chi connectivity index (χ3v) is 3.23. The molecule has 2 rings (SSSR count). The van der Waals surface area contributed by atoms with Gasteiger partial charge in [0.15, 0.2) is 0 Å². The molecule has 0 radical (unpaired) electrons. The zero-order valence-electron chi connectivity index (χ0n) is 12.2. The Labute approximate surface area is 145 Å². The number of anilines is 1. The minimum Gasteiger partial charge on any atom is -0.473 e. The van der Waals surface area contributed by atoms with Crippen molar-refractivity contribution in [2.24, 2.45) is 0 Å². The predicted molar refractivity (Wildman–Crippen MR) is 89.8 cm³/mol. The standard InChI is InChI=1S/C13H11BrN2O2.C2H2O4/c14-11-5-7-12(8-6-11)15-9-10-3-1-2-4-13(10)16(17)18;3-1(4)2(5)6/h1-8,15H,9H2;(H,3,4)(H,5,6). The molecular weight excluding hydrogens is 384 g/mol. The number of halogens is 1. The first-order chi connectivity index (χ1) is 11.3. The molecule has 0 amide bonds. The van der Waals surface area contributed by atoms with Crippen LogP contribution in [-0.4, -0.2) is 27.1 Å². The van der Waals surface area contributed by atoms with E-state index in [1.807, 2.05) is 24.3 Å². The van der Waals surface area contributed by atoms with E-state index < -0.39 is 11.9 Å². The number of para-hydroxylation sites is 1. The molecule has 0 heterocycles. The van der Waals surface area contributed by atoms with Crippen molar-refractivity contribution in [3.63, 3.8) is 0 Å². The topological polar surface area (TPSA) is 130 Å². The molecule has 0 aliphatic heterocycles. The summed E-state index contributed by atoms with van der Waals surface area (Å²) in [4.78, 5) is 28.7. The first-order valence-electron chi connectivity index (χ1n) is 6.49. The summed E-state index contributed by atoms with van der Waals surface area (Å²) in [5, 5.41) is 28.8. The number of carboxylic acids is 2. The lowest BCUT2D eigenvalue weighted by atomic mass is 10.2. The number of nitrogens with zero attached hydrogens (tertiary/aromatic N) is 1. The smallest absolute Gasteiger partial charge is 0.414 e. The number of hydrogen-bond acceptors (Lipinski definition) is 5. The molecule has 0 saturated carbocycles. The zero-order chi connectivity index (χ0) is 18.1. The highest BCUT2D eigenvalue weighted by molar-refractivity contribution is 9.10. The van der Waals surface area contributed by atoms with E-state index in [1.54, 1.807) is 18.2 Å². The highest BCUT2D eigenvalue weighted by Gasteiger charge is 2.11. The molecule has 126 valence electrons. The predicted octanol–water partition coefficient (Wildman–Crippen LogP) is 3.13. The summed E-state index contributed by atoms with van der Waals surface area (Å²) in [6.45, 7) is 0.429. The summed E-state index contributed by atoms with van der Waals surface area (Å²) in [6, 6.07) is 14.4. The van der Waals surface area contributed by atoms with Crippen molar-refractivity contribution in [3.8, 4) is 0 Å². The van der Waals surface area contributed by atoms with Gasteiger partial charge in [0.25, 0.3) is 5.69 Å². The average Bonchev–Trinajstić information content (AvgIpc) is 2.55. The second-order valence-electron chi connectivity index (χ2n) is 4.36. The largest absolute Gasteiger partial charge is 0.473 e. The van der Waals surface area contributed by atoms with Crippen molar-refractivity contribution in [2.75, 3.05) is 5.32 Å². The Morgan fingerprint density at radius 1 is 1.04 bits per heavy atom. The average molecular weight is 397 g/mol. The number of nitro groups is 1. The third kappa shape index (κ3) is 6.44. The Hall–Kier alpha value is -2.94. The molecule has 0 spiro atoms. The quantitative estimate of drug-likeness (QED) is 0.411. The van der Waals surface area contributed by atoms with Crippen LogP contribution in [0.5, 0.6) is 0 Å². The first kappa shape index (κ1) is 19.1. The van der Waals surface area contributed by atoms with Crippen LogP contribution in [-0.2, 0) is 16.1 Å². The van der Waals surface area contributed by atoms with E-state index in [-0.39, 0.29) is 10.6 Å². The number of nitro benzene ring substituents is 1. The fourth-order valence-electron chi connectivity index (χ4n) is 1.60. The highest BCUT2D eigenvalue weighted by atomic mass is 79.9. The minimum absolute atomic E-state index is 0.141. The van der Waals surface area contributed by atoms with E-state index in [9.17, 15) is 10.1 Å². The van der Waals surface area contributed by atoms with Gasteiger partial charge in [-0.05, 0) is 24.3 Å². The van der Waals surface area contributed by atoms with Gasteiger partial charge < -0.3 is 15.5 Å². The molecule has 0 aromatic heterocycles. The SMILES string of the molecule is O=C(O)C(=O)O.O=[N+]([O-])c1ccccc1CNc1ccc(Br)cc1. The van der Waals surface area contributed by atoms with Crippen LogP contribution in [0.15, 0.2) is 53.0 Å². The van der Waals surface area contributed by atoms with E-state index >= 15 is 0 Å². The maximum absolute atomic E-state index is 10.8. The summed E-state index contributed by atoms with van der Waals surface area (Å²) in [6.07, 6.45) is 0. The van der Waals surface area contributed by atoms with Crippen molar-refractivity contribution in [2.45, 2.75) is 6.54 Å². The second kappa shape index (κ2) is 9.26. The summed E-state index contributed by atoms with van der Waals surface area (Å²) in [5.41, 5.74) is 1.74. The van der Waals surface area contributed by atoms with Crippen LogP contribution in [0.1, 0.15) is 5.56 Å². The number of carboxylic acid groups (broad SMARTS) is 2. The summed E-state index contributed by atoms with van der Waals surface area (Å²) >= 11 is 3.36. The number of rotatable bonds is 4. The van der Waals surface area contributed by atoms with Crippen LogP contribution in [0.2, 0.25) is 0 Å². The van der Waals surface area contributed by atoms with Gasteiger partial charge in [-0.15, -0.1) is 0 Å². The Balaban J connectivity index is 0.000000413. The molecule has 0 fully saturated rings. The van der Waals surface area contributed by atoms with Crippen molar-refractivity contribution >= 4 is 39.2 Å². The summed E-state index contributed by atoms with van der Waals surface area (Å²) < 4.78 is 0.999. The molecule has 0 aliphatic carbocycles. The lowest BCUT2D eigenvalue weighted by molar-refractivity contribution is -0.385. The van der Waals surface area contributed by atoms with Crippen molar-refractivity contribution in [3.05, 3.63) is 68.7 Å². The molecular formula is C15H13BrN2O6. The Bertz CT molecular complexity index is 721. The molecule has 9 heteroatoms. The number of hydrogen-bond donors (Lipinski definition) is 3. The van der Waals surface area contributed by atoms with Gasteiger partial charge in [0.05, 0.1) is 4.92 Å². The number of carbonyl (C=O) groups is 2. The van der Waals surface area contributed by atoms with Gasteiger partial charge in [-0.25, -0.2) is 9.59 Å². The lowest BCUT2D eigenvalue weighted by Gasteiger charge is -2.07. The Kier molecular flexibility index (Phi) is 7.37. The van der Waals surface area contributed by atoms with Gasteiger partial charge in [-0.2, -0.15) is 0 Å². The monoisotopic (exact) mass is 396 g/mol. The van der Waals surface area contributed by atoms with Crippen molar-refractivity contribution in [1.82, 2.24) is 0 Å². The second-order valence-corrected chi connectivity index (χ2v) is 5.27. The first-order valence-corrected chi connectivity index (χ1v) is 7.28. The van der Waals surface area contributed by atoms with Gasteiger partial charge in [-0.1, -0.05) is 34.1 Å². The molecule has 0 aliphatic rings. The van der Waals surface area contributed by atoms with Gasteiger partial charge in [0.1, 0.15) is 0 Å². The van der Waals surface area contributed by atoms with E-state index in [0.29, 0.717) is 12.1 Å². The van der Waals surface area contributed by atoms with Crippen LogP contribution >= 0.6 is 15.9 Å². The van der Waals surface area contributed by atoms with Gasteiger partial charge in [-0.3, -0.25) is 10.1 Å². The maximum Gasteiger partial charge on any atom is 0.414 e. The van der Waals surface area contributed by atoms with Crippen molar-refractivity contribution in [1.29, 1.82) is 0 Å². The molecule has 3 N–H and O–H groups in total. The zero-order valence-corrected chi connectivity index (χ0v) is 13.8. The number of benzene rings is 2. The molecule has 0 unspecified atom stereocenters. The van der Waals surface area contributed by atoms with Crippen LogP contribution in [0.4, 0.5) is 11.4 Å². The van der Waals surface area contributed by atoms with E-state index in [1.165, 1.54) is 6.07 Å². The molecule has 2 aromatic rings. The van der Waals surface area contributed by atoms with E-state index in [2.05, 4.69) is 21.2 Å². The molecule has 2 aromatic carbocycles. The third-order valence-electron chi connectivity index (χ3n) is 2.70. The Morgan fingerprint density at radius 2 is 1.58 bits per heavy atom. The number of aliphatic carboxylic acids is 2. The lowest BCUT2D eigenvalue weighted by Crippen LogP contribution is -2.09. The summed E-state index contributed by atoms with van der Waals surface area (Å²) in [5.74, 6) is -3.65. The van der Waals surface area contributed by atoms with E-state index in [0.717, 1.165) is 10.2 Å². The highest BCUT2D eigenvalue weighted by Crippen LogP contribution is 2.20. The molecule has 8 nitrogen and oxygen atoms in total. The van der Waals surface area contributed by atoms with Crippen LogP contribution in [0.3, 0.4) is 0 Å². The maximum atomic E-state index is 10.8. The minimum atomic E-state index is -1.82. The fraction of sp³-hybridized carbons (Fsp3) is 0.0667. The fourth-order valence-corrected chi connectivity index (χ4v) is 1.87. The normalized spacial score (nSPS) is 9.38. The Morgan fingerprint density at radius 3 is 2.08 bits per heavy atom. The van der Waals surface area contributed by atoms with Gasteiger partial charge in [0.2, 0.25) is 0 Å². The summed E-state index contributed by atoms with van der Waals surface area (Å²) in [7, 11) is 0. The van der Waals surface area contributed by atoms with E-state index in [4.69, 9.17) is 19.8 Å². The van der Waals surface area contributed by atoms with Crippen LogP contribution < -0.4 is 5.32 Å². The van der Waals surface area contributed by atoms with Crippen LogP contribution in [0, 0.1) is 10.1 Å². The van der Waals surface area contributed by atoms with Gasteiger partial charge in [0, 0.05) is 28.3 Å². The number of nitrogens with one attached hydrogen (secondary N) is 1. The molecule has 0 saturated heterocycles.